The van der Waals surface area contributed by atoms with E-state index in [0.717, 1.165) is 6.54 Å². The molecule has 0 aromatic carbocycles. The number of hydrogen-bond donors (Lipinski definition) is 1. The molecular weight excluding hydrogens is 158 g/mol. The molecule has 0 radical (unpaired) electrons. The van der Waals surface area contributed by atoms with Gasteiger partial charge in [0, 0.05) is 12.5 Å². The molecule has 0 aliphatic carbocycles. The zero-order valence-corrected chi connectivity index (χ0v) is 7.50. The van der Waals surface area contributed by atoms with E-state index in [-0.39, 0.29) is 6.10 Å². The standard InChI is InChI=1S/C8H15NO3/c1-8(2)10-4-6-3-9-12-7(6)5-11-8/h6-7,9H,3-5H2,1-2H3/t6-,7+/m1/s1. The van der Waals surface area contributed by atoms with Crippen LogP contribution in [0.1, 0.15) is 13.8 Å². The Hall–Kier alpha value is -0.160. The van der Waals surface area contributed by atoms with E-state index in [1.54, 1.807) is 0 Å². The highest BCUT2D eigenvalue weighted by atomic mass is 16.7. The summed E-state index contributed by atoms with van der Waals surface area (Å²) in [6.07, 6.45) is 0.159. The third-order valence-electron chi connectivity index (χ3n) is 2.35. The average molecular weight is 173 g/mol. The molecule has 0 aromatic rings. The van der Waals surface area contributed by atoms with Crippen LogP contribution in [-0.2, 0) is 14.3 Å². The summed E-state index contributed by atoms with van der Waals surface area (Å²) >= 11 is 0. The first-order chi connectivity index (χ1) is 5.67. The summed E-state index contributed by atoms with van der Waals surface area (Å²) in [5.41, 5.74) is 2.86. The van der Waals surface area contributed by atoms with E-state index in [1.165, 1.54) is 0 Å². The monoisotopic (exact) mass is 173 g/mol. The highest BCUT2D eigenvalue weighted by molar-refractivity contribution is 4.79. The van der Waals surface area contributed by atoms with Crippen LogP contribution in [0.25, 0.3) is 0 Å². The predicted molar refractivity (Wildman–Crippen MR) is 42.3 cm³/mol. The van der Waals surface area contributed by atoms with Crippen LogP contribution in [-0.4, -0.2) is 31.6 Å². The van der Waals surface area contributed by atoms with Crippen molar-refractivity contribution in [3.05, 3.63) is 0 Å². The quantitative estimate of drug-likeness (QED) is 0.571. The van der Waals surface area contributed by atoms with Gasteiger partial charge in [-0.3, -0.25) is 4.84 Å². The van der Waals surface area contributed by atoms with E-state index in [9.17, 15) is 0 Å². The fraction of sp³-hybridized carbons (Fsp3) is 1.00. The number of fused-ring (bicyclic) bond motifs is 1. The number of ether oxygens (including phenoxy) is 2. The Morgan fingerprint density at radius 1 is 1.25 bits per heavy atom. The lowest BCUT2D eigenvalue weighted by Gasteiger charge is -2.23. The van der Waals surface area contributed by atoms with Crippen molar-refractivity contribution in [1.82, 2.24) is 5.48 Å². The largest absolute Gasteiger partial charge is 0.350 e. The molecule has 1 N–H and O–H groups in total. The molecule has 2 aliphatic heterocycles. The fourth-order valence-corrected chi connectivity index (χ4v) is 1.46. The van der Waals surface area contributed by atoms with Gasteiger partial charge in [0.1, 0.15) is 6.10 Å². The molecule has 4 nitrogen and oxygen atoms in total. The van der Waals surface area contributed by atoms with Crippen LogP contribution in [0.15, 0.2) is 0 Å². The van der Waals surface area contributed by atoms with E-state index in [4.69, 9.17) is 14.3 Å². The van der Waals surface area contributed by atoms with E-state index in [2.05, 4.69) is 5.48 Å². The molecule has 4 heteroatoms. The van der Waals surface area contributed by atoms with Crippen molar-refractivity contribution in [3.8, 4) is 0 Å². The van der Waals surface area contributed by atoms with Gasteiger partial charge < -0.3 is 9.47 Å². The molecule has 70 valence electrons. The van der Waals surface area contributed by atoms with Gasteiger partial charge in [0.15, 0.2) is 5.79 Å². The van der Waals surface area contributed by atoms with Gasteiger partial charge in [-0.05, 0) is 13.8 Å². The summed E-state index contributed by atoms with van der Waals surface area (Å²) in [6.45, 7) is 6.06. The van der Waals surface area contributed by atoms with Gasteiger partial charge in [-0.25, -0.2) is 5.48 Å². The molecule has 2 atom stereocenters. The molecule has 0 aromatic heterocycles. The van der Waals surface area contributed by atoms with E-state index >= 15 is 0 Å². The summed E-state index contributed by atoms with van der Waals surface area (Å²) in [5, 5.41) is 0. The van der Waals surface area contributed by atoms with Gasteiger partial charge in [0.05, 0.1) is 13.2 Å². The van der Waals surface area contributed by atoms with Crippen molar-refractivity contribution >= 4 is 0 Å². The van der Waals surface area contributed by atoms with Gasteiger partial charge in [-0.15, -0.1) is 0 Å². The smallest absolute Gasteiger partial charge is 0.162 e. The van der Waals surface area contributed by atoms with E-state index in [0.29, 0.717) is 19.1 Å². The van der Waals surface area contributed by atoms with Crippen LogP contribution in [0.3, 0.4) is 0 Å². The lowest BCUT2D eigenvalue weighted by atomic mass is 10.1. The van der Waals surface area contributed by atoms with E-state index in [1.807, 2.05) is 13.8 Å². The van der Waals surface area contributed by atoms with Crippen LogP contribution in [0.2, 0.25) is 0 Å². The maximum atomic E-state index is 5.56. The van der Waals surface area contributed by atoms with Crippen LogP contribution < -0.4 is 5.48 Å². The lowest BCUT2D eigenvalue weighted by molar-refractivity contribution is -0.208. The molecule has 12 heavy (non-hydrogen) atoms. The third kappa shape index (κ3) is 1.61. The first kappa shape index (κ1) is 8.44. The maximum absolute atomic E-state index is 5.56. The highest BCUT2D eigenvalue weighted by Gasteiger charge is 2.36. The summed E-state index contributed by atoms with van der Waals surface area (Å²) in [5.74, 6) is -0.0139. The minimum absolute atomic E-state index is 0.159. The van der Waals surface area contributed by atoms with Gasteiger partial charge in [0.2, 0.25) is 0 Å². The Morgan fingerprint density at radius 2 is 2.00 bits per heavy atom. The number of rotatable bonds is 0. The zero-order valence-electron chi connectivity index (χ0n) is 7.50. The first-order valence-corrected chi connectivity index (χ1v) is 4.34. The molecule has 2 fully saturated rings. The molecule has 0 amide bonds. The molecule has 0 unspecified atom stereocenters. The van der Waals surface area contributed by atoms with Crippen molar-refractivity contribution in [2.75, 3.05) is 19.8 Å². The van der Waals surface area contributed by atoms with Gasteiger partial charge >= 0.3 is 0 Å². The fourth-order valence-electron chi connectivity index (χ4n) is 1.46. The lowest BCUT2D eigenvalue weighted by Crippen LogP contribution is -2.29. The second-order valence-corrected chi connectivity index (χ2v) is 3.79. The van der Waals surface area contributed by atoms with Crippen molar-refractivity contribution in [2.24, 2.45) is 5.92 Å². The summed E-state index contributed by atoms with van der Waals surface area (Å²) in [7, 11) is 0. The number of hydroxylamine groups is 1. The van der Waals surface area contributed by atoms with Crippen LogP contribution in [0.4, 0.5) is 0 Å². The summed E-state index contributed by atoms with van der Waals surface area (Å²) < 4.78 is 11.1. The Morgan fingerprint density at radius 3 is 2.83 bits per heavy atom. The summed E-state index contributed by atoms with van der Waals surface area (Å²) in [6, 6.07) is 0. The molecule has 2 aliphatic rings. The molecule has 2 heterocycles. The Kier molecular flexibility index (Phi) is 2.08. The van der Waals surface area contributed by atoms with Crippen molar-refractivity contribution in [3.63, 3.8) is 0 Å². The molecule has 0 bridgehead atoms. The molecule has 2 rings (SSSR count). The minimum atomic E-state index is -0.451. The Bertz CT molecular complexity index is 156. The summed E-state index contributed by atoms with van der Waals surface area (Å²) in [4.78, 5) is 5.28. The van der Waals surface area contributed by atoms with Crippen molar-refractivity contribution in [2.45, 2.75) is 25.7 Å². The second kappa shape index (κ2) is 2.96. The molecule has 0 spiro atoms. The molecule has 2 saturated heterocycles. The minimum Gasteiger partial charge on any atom is -0.350 e. The Balaban J connectivity index is 1.99. The SMILES string of the molecule is CC1(C)OC[C@H]2CNO[C@H]2CO1. The average Bonchev–Trinajstić information content (AvgIpc) is 2.40. The molecular formula is C8H15NO3. The highest BCUT2D eigenvalue weighted by Crippen LogP contribution is 2.24. The first-order valence-electron chi connectivity index (χ1n) is 4.34. The normalized spacial score (nSPS) is 40.5. The Labute approximate surface area is 72.1 Å². The number of nitrogens with one attached hydrogen (secondary N) is 1. The van der Waals surface area contributed by atoms with Crippen LogP contribution in [0, 0.1) is 5.92 Å². The maximum Gasteiger partial charge on any atom is 0.162 e. The third-order valence-corrected chi connectivity index (χ3v) is 2.35. The second-order valence-electron chi connectivity index (χ2n) is 3.79. The van der Waals surface area contributed by atoms with E-state index < -0.39 is 5.79 Å². The predicted octanol–water partition coefficient (Wildman–Crippen LogP) is 0.289. The number of hydrogen-bond acceptors (Lipinski definition) is 4. The van der Waals surface area contributed by atoms with Crippen molar-refractivity contribution in [1.29, 1.82) is 0 Å². The van der Waals surface area contributed by atoms with Crippen molar-refractivity contribution < 1.29 is 14.3 Å². The molecule has 0 saturated carbocycles. The van der Waals surface area contributed by atoms with Gasteiger partial charge in [0.25, 0.3) is 0 Å². The van der Waals surface area contributed by atoms with Crippen LogP contribution in [0.5, 0.6) is 0 Å². The topological polar surface area (TPSA) is 39.7 Å². The van der Waals surface area contributed by atoms with Crippen LogP contribution >= 0.6 is 0 Å². The van der Waals surface area contributed by atoms with Gasteiger partial charge in [-0.1, -0.05) is 0 Å². The van der Waals surface area contributed by atoms with Gasteiger partial charge in [-0.2, -0.15) is 0 Å². The zero-order chi connectivity index (χ0) is 8.60.